The number of halogens is 1. The van der Waals surface area contributed by atoms with Crippen molar-refractivity contribution in [3.63, 3.8) is 0 Å². The Labute approximate surface area is 107 Å². The van der Waals surface area contributed by atoms with Gasteiger partial charge in [0.05, 0.1) is 0 Å². The molecule has 0 N–H and O–H groups in total. The quantitative estimate of drug-likeness (QED) is 0.800. The second-order valence-corrected chi connectivity index (χ2v) is 5.67. The summed E-state index contributed by atoms with van der Waals surface area (Å²) in [4.78, 5) is 12.9. The molecule has 2 aromatic heterocycles. The molecule has 16 heavy (non-hydrogen) atoms. The Hall–Kier alpha value is -0.650. The third-order valence-electron chi connectivity index (χ3n) is 1.82. The minimum absolute atomic E-state index is 0.489. The molecule has 0 aliphatic rings. The van der Waals surface area contributed by atoms with E-state index in [2.05, 4.69) is 15.0 Å². The minimum Gasteiger partial charge on any atom is -0.235 e. The average Bonchev–Trinajstić information content (AvgIpc) is 2.63. The molecule has 0 spiro atoms. The van der Waals surface area contributed by atoms with Gasteiger partial charge in [-0.25, -0.2) is 15.0 Å². The molecule has 0 saturated heterocycles. The first-order valence-electron chi connectivity index (χ1n) is 4.81. The molecule has 84 valence electrons. The number of thiazole rings is 1. The molecule has 0 bridgehead atoms. The van der Waals surface area contributed by atoms with E-state index < -0.39 is 0 Å². The normalized spacial score (nSPS) is 10.7. The van der Waals surface area contributed by atoms with Crippen LogP contribution in [0.4, 0.5) is 0 Å². The Morgan fingerprint density at radius 3 is 2.81 bits per heavy atom. The number of aryl methyl sites for hydroxylation is 2. The second-order valence-electron chi connectivity index (χ2n) is 3.16. The van der Waals surface area contributed by atoms with Gasteiger partial charge in [0, 0.05) is 23.6 Å². The van der Waals surface area contributed by atoms with E-state index in [1.807, 2.05) is 19.2 Å². The molecule has 2 heterocycles. The van der Waals surface area contributed by atoms with Gasteiger partial charge >= 0.3 is 0 Å². The first-order chi connectivity index (χ1) is 7.67. The van der Waals surface area contributed by atoms with Gasteiger partial charge in [-0.15, -0.1) is 11.3 Å². The molecule has 3 nitrogen and oxygen atoms in total. The van der Waals surface area contributed by atoms with Crippen LogP contribution in [0.1, 0.15) is 18.4 Å². The topological polar surface area (TPSA) is 38.7 Å². The zero-order chi connectivity index (χ0) is 11.5. The lowest BCUT2D eigenvalue weighted by molar-refractivity contribution is 0.888. The Morgan fingerprint density at radius 1 is 1.38 bits per heavy atom. The number of hydrogen-bond donors (Lipinski definition) is 0. The summed E-state index contributed by atoms with van der Waals surface area (Å²) < 4.78 is 0.981. The summed E-state index contributed by atoms with van der Waals surface area (Å²) in [5, 5.41) is 3.36. The van der Waals surface area contributed by atoms with Gasteiger partial charge in [-0.1, -0.05) is 18.5 Å². The van der Waals surface area contributed by atoms with Crippen LogP contribution in [-0.4, -0.2) is 15.0 Å². The summed E-state index contributed by atoms with van der Waals surface area (Å²) >= 11 is 9.05. The Bertz CT molecular complexity index is 499. The summed E-state index contributed by atoms with van der Waals surface area (Å²) in [5.41, 5.74) is 1.03. The molecule has 0 aliphatic carbocycles. The lowest BCUT2D eigenvalue weighted by Crippen LogP contribution is -1.94. The van der Waals surface area contributed by atoms with Crippen LogP contribution in [0.3, 0.4) is 0 Å². The van der Waals surface area contributed by atoms with Gasteiger partial charge in [0.25, 0.3) is 0 Å². The zero-order valence-electron chi connectivity index (χ0n) is 8.90. The Balaban J connectivity index is 2.24. The fraction of sp³-hybridized carbons (Fsp3) is 0.300. The third-order valence-corrected chi connectivity index (χ3v) is 3.99. The maximum Gasteiger partial charge on any atom is 0.156 e. The Kier molecular flexibility index (Phi) is 3.78. The molecule has 0 radical (unpaired) electrons. The van der Waals surface area contributed by atoms with Crippen molar-refractivity contribution in [2.75, 3.05) is 0 Å². The summed E-state index contributed by atoms with van der Waals surface area (Å²) in [6, 6.07) is 1.77. The lowest BCUT2D eigenvalue weighted by atomic mass is 10.4. The van der Waals surface area contributed by atoms with Crippen LogP contribution in [0.2, 0.25) is 5.15 Å². The fourth-order valence-corrected chi connectivity index (χ4v) is 3.19. The van der Waals surface area contributed by atoms with E-state index in [1.165, 1.54) is 11.8 Å². The van der Waals surface area contributed by atoms with Crippen molar-refractivity contribution in [1.82, 2.24) is 15.0 Å². The van der Waals surface area contributed by atoms with E-state index in [9.17, 15) is 0 Å². The summed E-state index contributed by atoms with van der Waals surface area (Å²) in [7, 11) is 0. The first-order valence-corrected chi connectivity index (χ1v) is 6.88. The third kappa shape index (κ3) is 2.93. The largest absolute Gasteiger partial charge is 0.235 e. The molecule has 6 heteroatoms. The highest BCUT2D eigenvalue weighted by Gasteiger charge is 2.06. The van der Waals surface area contributed by atoms with Crippen molar-refractivity contribution in [2.45, 2.75) is 29.6 Å². The number of nitrogens with zero attached hydrogens (tertiary/aromatic N) is 3. The zero-order valence-corrected chi connectivity index (χ0v) is 11.3. The smallest absolute Gasteiger partial charge is 0.156 e. The van der Waals surface area contributed by atoms with Gasteiger partial charge < -0.3 is 0 Å². The number of rotatable bonds is 3. The van der Waals surface area contributed by atoms with Gasteiger partial charge in [-0.2, -0.15) is 0 Å². The van der Waals surface area contributed by atoms with Crippen LogP contribution in [0, 0.1) is 6.92 Å². The van der Waals surface area contributed by atoms with E-state index >= 15 is 0 Å². The van der Waals surface area contributed by atoms with Crippen molar-refractivity contribution in [3.8, 4) is 0 Å². The predicted molar refractivity (Wildman–Crippen MR) is 67.4 cm³/mol. The highest BCUT2D eigenvalue weighted by molar-refractivity contribution is 8.01. The predicted octanol–water partition coefficient (Wildman–Crippen LogP) is 3.61. The van der Waals surface area contributed by atoms with Crippen molar-refractivity contribution >= 4 is 34.7 Å². The molecular weight excluding hydrogens is 262 g/mol. The molecular formula is C10H10ClN3S2. The lowest BCUT2D eigenvalue weighted by Gasteiger charge is -2.00. The van der Waals surface area contributed by atoms with Crippen LogP contribution >= 0.6 is 34.7 Å². The van der Waals surface area contributed by atoms with E-state index in [0.29, 0.717) is 5.15 Å². The summed E-state index contributed by atoms with van der Waals surface area (Å²) in [6.45, 7) is 3.98. The maximum atomic E-state index is 5.92. The standard InChI is InChI=1S/C10H10ClN3S2/c1-3-8-13-7(11)4-9(14-8)16-10-12-6(2)5-15-10/h4-5H,3H2,1-2H3. The highest BCUT2D eigenvalue weighted by atomic mass is 35.5. The van der Waals surface area contributed by atoms with Gasteiger partial charge in [0.15, 0.2) is 4.34 Å². The van der Waals surface area contributed by atoms with Gasteiger partial charge in [0.2, 0.25) is 0 Å². The number of hydrogen-bond acceptors (Lipinski definition) is 5. The van der Waals surface area contributed by atoms with E-state index in [-0.39, 0.29) is 0 Å². The highest BCUT2D eigenvalue weighted by Crippen LogP contribution is 2.29. The van der Waals surface area contributed by atoms with Crippen LogP contribution in [-0.2, 0) is 6.42 Å². The molecule has 0 fully saturated rings. The van der Waals surface area contributed by atoms with Crippen LogP contribution in [0.25, 0.3) is 0 Å². The molecule has 0 atom stereocenters. The maximum absolute atomic E-state index is 5.92. The molecule has 2 aromatic rings. The van der Waals surface area contributed by atoms with Gasteiger partial charge in [-0.05, 0) is 18.7 Å². The monoisotopic (exact) mass is 271 g/mol. The molecule has 0 aliphatic heterocycles. The minimum atomic E-state index is 0.489. The SMILES string of the molecule is CCc1nc(Cl)cc(Sc2nc(C)cs2)n1. The molecule has 0 saturated carbocycles. The van der Waals surface area contributed by atoms with Crippen LogP contribution < -0.4 is 0 Å². The van der Waals surface area contributed by atoms with Gasteiger partial charge in [0.1, 0.15) is 16.0 Å². The molecule has 0 amide bonds. The fourth-order valence-electron chi connectivity index (χ4n) is 1.12. The van der Waals surface area contributed by atoms with Crippen LogP contribution in [0.15, 0.2) is 20.8 Å². The van der Waals surface area contributed by atoms with Crippen molar-refractivity contribution in [3.05, 3.63) is 28.1 Å². The molecule has 0 unspecified atom stereocenters. The Morgan fingerprint density at radius 2 is 2.19 bits per heavy atom. The van der Waals surface area contributed by atoms with Gasteiger partial charge in [-0.3, -0.25) is 0 Å². The van der Waals surface area contributed by atoms with E-state index in [0.717, 1.165) is 27.3 Å². The van der Waals surface area contributed by atoms with Crippen molar-refractivity contribution in [1.29, 1.82) is 0 Å². The summed E-state index contributed by atoms with van der Waals surface area (Å²) in [5.74, 6) is 0.767. The van der Waals surface area contributed by atoms with Crippen molar-refractivity contribution in [2.24, 2.45) is 0 Å². The van der Waals surface area contributed by atoms with E-state index in [4.69, 9.17) is 11.6 Å². The van der Waals surface area contributed by atoms with Crippen molar-refractivity contribution < 1.29 is 0 Å². The van der Waals surface area contributed by atoms with E-state index in [1.54, 1.807) is 17.4 Å². The van der Waals surface area contributed by atoms with Crippen LogP contribution in [0.5, 0.6) is 0 Å². The summed E-state index contributed by atoms with van der Waals surface area (Å²) in [6.07, 6.45) is 0.783. The number of aromatic nitrogens is 3. The second kappa shape index (κ2) is 5.12. The molecule has 0 aromatic carbocycles. The molecule has 2 rings (SSSR count). The average molecular weight is 272 g/mol. The first kappa shape index (κ1) is 11.8.